The van der Waals surface area contributed by atoms with E-state index in [2.05, 4.69) is 20.6 Å². The number of hydrogen-bond donors (Lipinski definition) is 2. The quantitative estimate of drug-likeness (QED) is 0.529. The van der Waals surface area contributed by atoms with Crippen molar-refractivity contribution < 1.29 is 4.39 Å². The maximum atomic E-state index is 13.6. The maximum absolute atomic E-state index is 13.6. The second-order valence-corrected chi connectivity index (χ2v) is 6.15. The lowest BCUT2D eigenvalue weighted by Crippen LogP contribution is -2.38. The zero-order chi connectivity index (χ0) is 18.4. The summed E-state index contributed by atoms with van der Waals surface area (Å²) in [5, 5.41) is 6.52. The minimum Gasteiger partial charge on any atom is -0.357 e. The van der Waals surface area contributed by atoms with Crippen molar-refractivity contribution in [2.24, 2.45) is 4.99 Å². The van der Waals surface area contributed by atoms with Crippen LogP contribution in [0.1, 0.15) is 23.7 Å². The Morgan fingerprint density at radius 3 is 2.88 bits per heavy atom. The number of pyridine rings is 1. The van der Waals surface area contributed by atoms with Crippen molar-refractivity contribution in [3.05, 3.63) is 71.4 Å². The molecule has 0 amide bonds. The van der Waals surface area contributed by atoms with E-state index in [1.165, 1.54) is 0 Å². The van der Waals surface area contributed by atoms with Crippen molar-refractivity contribution in [1.82, 2.24) is 20.0 Å². The van der Waals surface area contributed by atoms with Crippen LogP contribution in [0.2, 0.25) is 0 Å². The first-order valence-corrected chi connectivity index (χ1v) is 8.85. The number of hydrogen-bond acceptors (Lipinski definition) is 2. The van der Waals surface area contributed by atoms with Crippen LogP contribution in [-0.2, 0) is 13.0 Å². The van der Waals surface area contributed by atoms with Gasteiger partial charge in [-0.15, -0.1) is 0 Å². The molecule has 26 heavy (non-hydrogen) atoms. The van der Waals surface area contributed by atoms with Gasteiger partial charge >= 0.3 is 0 Å². The standard InChI is InChI=1S/C20H24FN5/c1-3-22-20(24-13-16-8-7-15(2)18(21)12-16)23-10-9-17-14-26-11-5-4-6-19(26)25-17/h4-8,11-12,14H,3,9-10,13H2,1-2H3,(H2,22,23,24). The van der Waals surface area contributed by atoms with E-state index in [1.807, 2.05) is 48.0 Å². The third-order valence-electron chi connectivity index (χ3n) is 4.09. The van der Waals surface area contributed by atoms with E-state index in [0.29, 0.717) is 12.1 Å². The molecule has 0 spiro atoms. The highest BCUT2D eigenvalue weighted by Gasteiger charge is 2.03. The van der Waals surface area contributed by atoms with E-state index in [9.17, 15) is 4.39 Å². The number of aliphatic imine (C=N–C) groups is 1. The van der Waals surface area contributed by atoms with Crippen LogP contribution in [0.5, 0.6) is 0 Å². The van der Waals surface area contributed by atoms with Gasteiger partial charge in [-0.3, -0.25) is 0 Å². The summed E-state index contributed by atoms with van der Waals surface area (Å²) in [7, 11) is 0. The molecule has 0 saturated heterocycles. The fourth-order valence-corrected chi connectivity index (χ4v) is 2.66. The molecule has 2 N–H and O–H groups in total. The molecule has 0 bridgehead atoms. The maximum Gasteiger partial charge on any atom is 0.191 e. The summed E-state index contributed by atoms with van der Waals surface area (Å²) >= 11 is 0. The molecule has 1 aromatic carbocycles. The Morgan fingerprint density at radius 2 is 2.12 bits per heavy atom. The fraction of sp³-hybridized carbons (Fsp3) is 0.300. The third kappa shape index (κ3) is 4.59. The van der Waals surface area contributed by atoms with E-state index < -0.39 is 0 Å². The molecule has 0 atom stereocenters. The predicted octanol–water partition coefficient (Wildman–Crippen LogP) is 3.08. The predicted molar refractivity (Wildman–Crippen MR) is 103 cm³/mol. The van der Waals surface area contributed by atoms with E-state index in [0.717, 1.165) is 42.4 Å². The first kappa shape index (κ1) is 17.9. The fourth-order valence-electron chi connectivity index (χ4n) is 2.66. The second-order valence-electron chi connectivity index (χ2n) is 6.15. The molecule has 136 valence electrons. The highest BCUT2D eigenvalue weighted by molar-refractivity contribution is 5.79. The SMILES string of the molecule is CCNC(=NCc1ccc(C)c(F)c1)NCCc1cn2ccccc2n1. The Morgan fingerprint density at radius 1 is 1.23 bits per heavy atom. The van der Waals surface area contributed by atoms with Crippen molar-refractivity contribution in [2.45, 2.75) is 26.8 Å². The van der Waals surface area contributed by atoms with Gasteiger partial charge in [0, 0.05) is 31.9 Å². The van der Waals surface area contributed by atoms with Gasteiger partial charge in [-0.2, -0.15) is 0 Å². The normalized spacial score (nSPS) is 11.7. The Hall–Kier alpha value is -2.89. The van der Waals surface area contributed by atoms with Crippen molar-refractivity contribution in [2.75, 3.05) is 13.1 Å². The molecular weight excluding hydrogens is 329 g/mol. The van der Waals surface area contributed by atoms with E-state index in [-0.39, 0.29) is 5.82 Å². The number of fused-ring (bicyclic) bond motifs is 1. The number of rotatable bonds is 6. The van der Waals surface area contributed by atoms with Crippen LogP contribution in [0, 0.1) is 12.7 Å². The lowest BCUT2D eigenvalue weighted by molar-refractivity contribution is 0.616. The smallest absolute Gasteiger partial charge is 0.191 e. The molecule has 0 aliphatic heterocycles. The average molecular weight is 353 g/mol. The highest BCUT2D eigenvalue weighted by Crippen LogP contribution is 2.10. The van der Waals surface area contributed by atoms with E-state index >= 15 is 0 Å². The number of aromatic nitrogens is 2. The van der Waals surface area contributed by atoms with Gasteiger partial charge in [0.25, 0.3) is 0 Å². The summed E-state index contributed by atoms with van der Waals surface area (Å²) in [6.07, 6.45) is 4.83. The van der Waals surface area contributed by atoms with Gasteiger partial charge in [-0.25, -0.2) is 14.4 Å². The van der Waals surface area contributed by atoms with Crippen LogP contribution in [0.25, 0.3) is 5.65 Å². The van der Waals surface area contributed by atoms with Crippen molar-refractivity contribution in [3.8, 4) is 0 Å². The largest absolute Gasteiger partial charge is 0.357 e. The van der Waals surface area contributed by atoms with Gasteiger partial charge in [0.05, 0.1) is 12.2 Å². The Balaban J connectivity index is 1.57. The first-order chi connectivity index (χ1) is 12.7. The molecule has 2 heterocycles. The summed E-state index contributed by atoms with van der Waals surface area (Å²) in [6, 6.07) is 11.2. The van der Waals surface area contributed by atoms with Crippen LogP contribution < -0.4 is 10.6 Å². The van der Waals surface area contributed by atoms with Gasteiger partial charge in [0.15, 0.2) is 5.96 Å². The Bertz CT molecular complexity index is 867. The van der Waals surface area contributed by atoms with Crippen molar-refractivity contribution in [1.29, 1.82) is 0 Å². The van der Waals surface area contributed by atoms with Gasteiger partial charge in [0.1, 0.15) is 11.5 Å². The summed E-state index contributed by atoms with van der Waals surface area (Å²) < 4.78 is 15.7. The monoisotopic (exact) mass is 353 g/mol. The molecular formula is C20H24FN5. The Labute approximate surface area is 153 Å². The number of guanidine groups is 1. The van der Waals surface area contributed by atoms with E-state index in [4.69, 9.17) is 0 Å². The molecule has 6 heteroatoms. The molecule has 3 aromatic rings. The topological polar surface area (TPSA) is 53.7 Å². The van der Waals surface area contributed by atoms with Crippen LogP contribution in [0.3, 0.4) is 0 Å². The van der Waals surface area contributed by atoms with Crippen LogP contribution in [0.4, 0.5) is 4.39 Å². The molecule has 5 nitrogen and oxygen atoms in total. The molecule has 0 fully saturated rings. The summed E-state index contributed by atoms with van der Waals surface area (Å²) in [5.41, 5.74) is 3.48. The second kappa shape index (κ2) is 8.47. The molecule has 0 aliphatic carbocycles. The van der Waals surface area contributed by atoms with Gasteiger partial charge < -0.3 is 15.0 Å². The van der Waals surface area contributed by atoms with Crippen molar-refractivity contribution >= 4 is 11.6 Å². The molecule has 0 saturated carbocycles. The minimum atomic E-state index is -0.192. The van der Waals surface area contributed by atoms with Crippen LogP contribution in [0.15, 0.2) is 53.8 Å². The van der Waals surface area contributed by atoms with Gasteiger partial charge in [0.2, 0.25) is 0 Å². The number of halogens is 1. The molecule has 0 radical (unpaired) electrons. The highest BCUT2D eigenvalue weighted by atomic mass is 19.1. The average Bonchev–Trinajstić information content (AvgIpc) is 3.05. The van der Waals surface area contributed by atoms with Gasteiger partial charge in [-0.05, 0) is 43.2 Å². The molecule has 3 rings (SSSR count). The lowest BCUT2D eigenvalue weighted by Gasteiger charge is -2.10. The summed E-state index contributed by atoms with van der Waals surface area (Å²) in [5.74, 6) is 0.528. The minimum absolute atomic E-state index is 0.192. The first-order valence-electron chi connectivity index (χ1n) is 8.85. The van der Waals surface area contributed by atoms with E-state index in [1.54, 1.807) is 19.1 Å². The number of nitrogens with zero attached hydrogens (tertiary/aromatic N) is 3. The summed E-state index contributed by atoms with van der Waals surface area (Å²) in [6.45, 7) is 5.69. The lowest BCUT2D eigenvalue weighted by atomic mass is 10.1. The molecule has 0 unspecified atom stereocenters. The third-order valence-corrected chi connectivity index (χ3v) is 4.09. The molecule has 0 aliphatic rings. The van der Waals surface area contributed by atoms with Crippen LogP contribution >= 0.6 is 0 Å². The van der Waals surface area contributed by atoms with Crippen molar-refractivity contribution in [3.63, 3.8) is 0 Å². The molecule has 2 aromatic heterocycles. The zero-order valence-electron chi connectivity index (χ0n) is 15.2. The number of nitrogens with one attached hydrogen (secondary N) is 2. The number of imidazole rings is 1. The van der Waals surface area contributed by atoms with Gasteiger partial charge in [-0.1, -0.05) is 18.2 Å². The zero-order valence-corrected chi connectivity index (χ0v) is 15.2. The Kier molecular flexibility index (Phi) is 5.84. The summed E-state index contributed by atoms with van der Waals surface area (Å²) in [4.78, 5) is 9.12. The van der Waals surface area contributed by atoms with Crippen LogP contribution in [-0.4, -0.2) is 28.4 Å². The number of aryl methyl sites for hydroxylation is 1. The number of benzene rings is 1.